The van der Waals surface area contributed by atoms with E-state index in [0.29, 0.717) is 32.1 Å². The molecular formula is C13H15FN2O4. The van der Waals surface area contributed by atoms with Crippen molar-refractivity contribution in [1.82, 2.24) is 10.1 Å². The highest BCUT2D eigenvalue weighted by Gasteiger charge is 2.13. The monoisotopic (exact) mass is 282 g/mol. The van der Waals surface area contributed by atoms with Crippen LogP contribution in [0.5, 0.6) is 5.75 Å². The summed E-state index contributed by atoms with van der Waals surface area (Å²) in [6.07, 6.45) is 0.465. The lowest BCUT2D eigenvalue weighted by molar-refractivity contribution is 0.0714. The molecule has 0 radical (unpaired) electrons. The Morgan fingerprint density at radius 2 is 2.15 bits per heavy atom. The fourth-order valence-electron chi connectivity index (χ4n) is 1.55. The van der Waals surface area contributed by atoms with Crippen molar-refractivity contribution in [1.29, 1.82) is 0 Å². The number of methoxy groups -OCH3 is 1. The first-order valence-corrected chi connectivity index (χ1v) is 6.09. The Balaban J connectivity index is 1.95. The van der Waals surface area contributed by atoms with Crippen molar-refractivity contribution in [3.05, 3.63) is 29.8 Å². The van der Waals surface area contributed by atoms with E-state index in [1.54, 1.807) is 7.11 Å². The highest BCUT2D eigenvalue weighted by Crippen LogP contribution is 2.24. The first-order chi connectivity index (χ1) is 9.70. The summed E-state index contributed by atoms with van der Waals surface area (Å²) in [5.41, 5.74) is 0.154. The molecular weight excluding hydrogens is 267 g/mol. The second-order valence-corrected chi connectivity index (χ2v) is 4.04. The molecule has 7 heteroatoms. The maximum absolute atomic E-state index is 13.6. The van der Waals surface area contributed by atoms with E-state index in [2.05, 4.69) is 10.1 Å². The molecule has 1 N–H and O–H groups in total. The average molecular weight is 282 g/mol. The van der Waals surface area contributed by atoms with Crippen LogP contribution in [0.25, 0.3) is 11.5 Å². The highest BCUT2D eigenvalue weighted by atomic mass is 19.1. The quantitative estimate of drug-likeness (QED) is 0.780. The topological polar surface area (TPSA) is 77.6 Å². The molecule has 0 spiro atoms. The third-order valence-corrected chi connectivity index (χ3v) is 2.55. The predicted octanol–water partition coefficient (Wildman–Crippen LogP) is 1.79. The summed E-state index contributed by atoms with van der Waals surface area (Å²) < 4.78 is 28.7. The molecule has 0 bridgehead atoms. The van der Waals surface area contributed by atoms with Gasteiger partial charge in [0.25, 0.3) is 5.89 Å². The van der Waals surface area contributed by atoms with Crippen LogP contribution in [0.1, 0.15) is 5.82 Å². The van der Waals surface area contributed by atoms with E-state index in [-0.39, 0.29) is 17.2 Å². The van der Waals surface area contributed by atoms with Gasteiger partial charge in [0.2, 0.25) is 0 Å². The minimum Gasteiger partial charge on any atom is -0.508 e. The smallest absolute Gasteiger partial charge is 0.260 e. The van der Waals surface area contributed by atoms with Crippen LogP contribution in [-0.2, 0) is 15.9 Å². The lowest BCUT2D eigenvalue weighted by Gasteiger charge is -2.00. The maximum atomic E-state index is 13.6. The number of hydrogen-bond acceptors (Lipinski definition) is 6. The van der Waals surface area contributed by atoms with Gasteiger partial charge in [-0.3, -0.25) is 0 Å². The molecule has 1 aromatic carbocycles. The molecule has 0 unspecified atom stereocenters. The molecule has 0 atom stereocenters. The normalized spacial score (nSPS) is 10.9. The molecule has 0 aliphatic heterocycles. The summed E-state index contributed by atoms with van der Waals surface area (Å²) >= 11 is 0. The zero-order valence-corrected chi connectivity index (χ0v) is 11.0. The summed E-state index contributed by atoms with van der Waals surface area (Å²) in [7, 11) is 1.60. The number of halogens is 1. The van der Waals surface area contributed by atoms with Crippen molar-refractivity contribution in [3.63, 3.8) is 0 Å². The van der Waals surface area contributed by atoms with E-state index < -0.39 is 5.82 Å². The Morgan fingerprint density at radius 1 is 1.30 bits per heavy atom. The van der Waals surface area contributed by atoms with Crippen LogP contribution < -0.4 is 0 Å². The summed E-state index contributed by atoms with van der Waals surface area (Å²) in [6, 6.07) is 3.74. The van der Waals surface area contributed by atoms with Crippen LogP contribution in [0.4, 0.5) is 4.39 Å². The van der Waals surface area contributed by atoms with Crippen LogP contribution >= 0.6 is 0 Å². The van der Waals surface area contributed by atoms with Crippen LogP contribution in [-0.4, -0.2) is 42.2 Å². The lowest BCUT2D eigenvalue weighted by atomic mass is 10.2. The molecule has 0 amide bonds. The molecule has 0 saturated carbocycles. The van der Waals surface area contributed by atoms with Gasteiger partial charge in [-0.25, -0.2) is 4.39 Å². The number of benzene rings is 1. The molecule has 108 valence electrons. The van der Waals surface area contributed by atoms with Crippen molar-refractivity contribution in [2.24, 2.45) is 0 Å². The molecule has 0 saturated heterocycles. The molecule has 6 nitrogen and oxygen atoms in total. The number of hydrogen-bond donors (Lipinski definition) is 1. The number of ether oxygens (including phenoxy) is 2. The van der Waals surface area contributed by atoms with Gasteiger partial charge in [-0.1, -0.05) is 5.16 Å². The van der Waals surface area contributed by atoms with Gasteiger partial charge in [0.15, 0.2) is 5.82 Å². The number of aromatic hydroxyl groups is 1. The van der Waals surface area contributed by atoms with Gasteiger partial charge in [-0.15, -0.1) is 0 Å². The Morgan fingerprint density at radius 3 is 2.90 bits per heavy atom. The second kappa shape index (κ2) is 6.97. The summed E-state index contributed by atoms with van der Waals surface area (Å²) in [5.74, 6) is -0.256. The number of rotatable bonds is 7. The predicted molar refractivity (Wildman–Crippen MR) is 67.8 cm³/mol. The number of nitrogens with zero attached hydrogens (tertiary/aromatic N) is 2. The van der Waals surface area contributed by atoms with Crippen molar-refractivity contribution in [3.8, 4) is 17.2 Å². The molecule has 2 aromatic rings. The van der Waals surface area contributed by atoms with Gasteiger partial charge >= 0.3 is 0 Å². The molecule has 1 aromatic heterocycles. The molecule has 20 heavy (non-hydrogen) atoms. The molecule has 1 heterocycles. The largest absolute Gasteiger partial charge is 0.508 e. The summed E-state index contributed by atoms with van der Waals surface area (Å²) in [5, 5.41) is 12.9. The summed E-state index contributed by atoms with van der Waals surface area (Å²) in [6.45, 7) is 1.45. The Bertz CT molecular complexity index is 559. The number of phenols is 1. The van der Waals surface area contributed by atoms with E-state index >= 15 is 0 Å². The minimum absolute atomic E-state index is 0.0781. The molecule has 0 aliphatic carbocycles. The van der Waals surface area contributed by atoms with Gasteiger partial charge in [0.05, 0.1) is 25.4 Å². The first-order valence-electron chi connectivity index (χ1n) is 6.09. The van der Waals surface area contributed by atoms with Crippen molar-refractivity contribution in [2.45, 2.75) is 6.42 Å². The van der Waals surface area contributed by atoms with Crippen LogP contribution in [0.3, 0.4) is 0 Å². The van der Waals surface area contributed by atoms with E-state index in [1.807, 2.05) is 0 Å². The molecule has 0 fully saturated rings. The highest BCUT2D eigenvalue weighted by molar-refractivity contribution is 5.55. The van der Waals surface area contributed by atoms with Gasteiger partial charge in [-0.05, 0) is 12.1 Å². The van der Waals surface area contributed by atoms with E-state index in [4.69, 9.17) is 19.1 Å². The SMILES string of the molecule is COCCOCCc1noc(-c2ccc(O)cc2F)n1. The Kier molecular flexibility index (Phi) is 5.03. The molecule has 0 aliphatic rings. The van der Waals surface area contributed by atoms with Crippen LogP contribution in [0.15, 0.2) is 22.7 Å². The zero-order chi connectivity index (χ0) is 14.4. The number of phenolic OH excluding ortho intramolecular Hbond substituents is 1. The van der Waals surface area contributed by atoms with E-state index in [9.17, 15) is 4.39 Å². The van der Waals surface area contributed by atoms with E-state index in [0.717, 1.165) is 6.07 Å². The summed E-state index contributed by atoms with van der Waals surface area (Å²) in [4.78, 5) is 4.08. The third-order valence-electron chi connectivity index (χ3n) is 2.55. The number of aromatic nitrogens is 2. The lowest BCUT2D eigenvalue weighted by Crippen LogP contribution is -2.05. The van der Waals surface area contributed by atoms with Gasteiger partial charge < -0.3 is 19.1 Å². The van der Waals surface area contributed by atoms with E-state index in [1.165, 1.54) is 12.1 Å². The first kappa shape index (κ1) is 14.4. The second-order valence-electron chi connectivity index (χ2n) is 4.04. The Hall–Kier alpha value is -1.99. The van der Waals surface area contributed by atoms with Crippen molar-refractivity contribution >= 4 is 0 Å². The zero-order valence-electron chi connectivity index (χ0n) is 11.0. The molecule has 2 rings (SSSR count). The standard InChI is InChI=1S/C13H15FN2O4/c1-18-6-7-19-5-4-12-15-13(20-16-12)10-3-2-9(17)8-11(10)14/h2-3,8,17H,4-7H2,1H3. The minimum atomic E-state index is -0.614. The van der Waals surface area contributed by atoms with Crippen molar-refractivity contribution < 1.29 is 23.5 Å². The van der Waals surface area contributed by atoms with Crippen LogP contribution in [0.2, 0.25) is 0 Å². The fraction of sp³-hybridized carbons (Fsp3) is 0.385. The van der Waals surface area contributed by atoms with Gasteiger partial charge in [0, 0.05) is 19.6 Å². The average Bonchev–Trinajstić information content (AvgIpc) is 2.87. The maximum Gasteiger partial charge on any atom is 0.260 e. The third kappa shape index (κ3) is 3.75. The fourth-order valence-corrected chi connectivity index (χ4v) is 1.55. The van der Waals surface area contributed by atoms with Crippen LogP contribution in [0, 0.1) is 5.82 Å². The van der Waals surface area contributed by atoms with Gasteiger partial charge in [0.1, 0.15) is 11.6 Å². The van der Waals surface area contributed by atoms with Gasteiger partial charge in [-0.2, -0.15) is 4.98 Å². The van der Waals surface area contributed by atoms with Crippen molar-refractivity contribution in [2.75, 3.05) is 26.9 Å². The Labute approximate surface area is 115 Å².